The Morgan fingerprint density at radius 2 is 2.00 bits per heavy atom. The molecule has 1 saturated heterocycles. The lowest BCUT2D eigenvalue weighted by molar-refractivity contribution is -0.140. The summed E-state index contributed by atoms with van der Waals surface area (Å²) in [5.41, 5.74) is 1.68. The van der Waals surface area contributed by atoms with Crippen molar-refractivity contribution in [1.82, 2.24) is 4.90 Å². The van der Waals surface area contributed by atoms with Crippen LogP contribution >= 0.6 is 0 Å². The fourth-order valence-electron chi connectivity index (χ4n) is 2.81. The Bertz CT molecular complexity index is 663. The number of hydrogen-bond acceptors (Lipinski definition) is 3. The molecular weight excluding hydrogens is 332 g/mol. The van der Waals surface area contributed by atoms with Crippen LogP contribution in [-0.2, 0) is 11.0 Å². The number of carbonyl (C=O) groups is 2. The van der Waals surface area contributed by atoms with Crippen LogP contribution in [-0.4, -0.2) is 40.5 Å². The Labute approximate surface area is 135 Å². The van der Waals surface area contributed by atoms with E-state index in [1.54, 1.807) is 0 Å². The molecule has 2 amide bonds. The molecule has 1 aromatic carbocycles. The molecule has 9 heteroatoms. The third kappa shape index (κ3) is 4.02. The summed E-state index contributed by atoms with van der Waals surface area (Å²) in [6, 6.07) is 1.98. The molecule has 0 radical (unpaired) electrons. The van der Waals surface area contributed by atoms with Crippen molar-refractivity contribution in [1.29, 1.82) is 0 Å². The Balaban J connectivity index is 2.24. The van der Waals surface area contributed by atoms with Gasteiger partial charge in [0.2, 0.25) is 5.91 Å². The van der Waals surface area contributed by atoms with Gasteiger partial charge >= 0.3 is 6.18 Å². The summed E-state index contributed by atoms with van der Waals surface area (Å²) in [6.45, 7) is -0.0217. The summed E-state index contributed by atoms with van der Waals surface area (Å²) in [6.07, 6.45) is -4.66. The lowest BCUT2D eigenvalue weighted by Crippen LogP contribution is -2.51. The van der Waals surface area contributed by atoms with Gasteiger partial charge in [-0.15, -0.1) is 0 Å². The molecule has 24 heavy (non-hydrogen) atoms. The summed E-state index contributed by atoms with van der Waals surface area (Å²) >= 11 is 0. The summed E-state index contributed by atoms with van der Waals surface area (Å²) in [4.78, 5) is 24.5. The average Bonchev–Trinajstić information content (AvgIpc) is 2.44. The standard InChI is InChI=1S/C15H16F4N2O3/c16-11-3-2-9(6-10(11)15(17,18)19)13(23)21-5-1-4-14(24,8-21)7-12(20)22/h2-3,6,24H,1,4-5,7-8H2,(H2,20,22). The van der Waals surface area contributed by atoms with E-state index in [0.29, 0.717) is 18.6 Å². The molecule has 1 aliphatic rings. The summed E-state index contributed by atoms with van der Waals surface area (Å²) in [5.74, 6) is -2.99. The number of carbonyl (C=O) groups excluding carboxylic acids is 2. The maximum absolute atomic E-state index is 13.3. The molecule has 2 rings (SSSR count). The maximum atomic E-state index is 13.3. The third-order valence-electron chi connectivity index (χ3n) is 3.86. The van der Waals surface area contributed by atoms with Crippen molar-refractivity contribution in [2.24, 2.45) is 5.73 Å². The smallest absolute Gasteiger partial charge is 0.388 e. The van der Waals surface area contributed by atoms with Gasteiger partial charge in [-0.25, -0.2) is 4.39 Å². The van der Waals surface area contributed by atoms with E-state index in [4.69, 9.17) is 5.73 Å². The van der Waals surface area contributed by atoms with Crippen LogP contribution in [0.1, 0.15) is 35.2 Å². The number of benzene rings is 1. The number of likely N-dealkylation sites (tertiary alicyclic amines) is 1. The molecule has 0 saturated carbocycles. The number of rotatable bonds is 3. The number of halogens is 4. The molecule has 1 heterocycles. The molecule has 3 N–H and O–H groups in total. The average molecular weight is 348 g/mol. The van der Waals surface area contributed by atoms with Crippen LogP contribution in [0.5, 0.6) is 0 Å². The van der Waals surface area contributed by atoms with Crippen LogP contribution in [0.2, 0.25) is 0 Å². The molecule has 1 atom stereocenters. The van der Waals surface area contributed by atoms with Crippen LogP contribution in [0.4, 0.5) is 17.6 Å². The van der Waals surface area contributed by atoms with Crippen molar-refractivity contribution in [3.63, 3.8) is 0 Å². The zero-order valence-electron chi connectivity index (χ0n) is 12.6. The van der Waals surface area contributed by atoms with E-state index < -0.39 is 35.0 Å². The minimum Gasteiger partial charge on any atom is -0.388 e. The van der Waals surface area contributed by atoms with Crippen LogP contribution in [0.3, 0.4) is 0 Å². The van der Waals surface area contributed by atoms with Gasteiger partial charge in [0, 0.05) is 12.1 Å². The van der Waals surface area contributed by atoms with Crippen LogP contribution in [0.25, 0.3) is 0 Å². The van der Waals surface area contributed by atoms with Gasteiger partial charge < -0.3 is 15.7 Å². The lowest BCUT2D eigenvalue weighted by atomic mass is 9.89. The highest BCUT2D eigenvalue weighted by molar-refractivity contribution is 5.94. The highest BCUT2D eigenvalue weighted by atomic mass is 19.4. The Morgan fingerprint density at radius 1 is 1.33 bits per heavy atom. The molecule has 0 bridgehead atoms. The van der Waals surface area contributed by atoms with Gasteiger partial charge in [0.1, 0.15) is 5.82 Å². The van der Waals surface area contributed by atoms with Gasteiger partial charge in [0.25, 0.3) is 5.91 Å². The van der Waals surface area contributed by atoms with E-state index >= 15 is 0 Å². The monoisotopic (exact) mass is 348 g/mol. The van der Waals surface area contributed by atoms with E-state index in [2.05, 4.69) is 0 Å². The van der Waals surface area contributed by atoms with Crippen LogP contribution < -0.4 is 5.73 Å². The first-order chi connectivity index (χ1) is 11.0. The van der Waals surface area contributed by atoms with Crippen LogP contribution in [0, 0.1) is 5.82 Å². The van der Waals surface area contributed by atoms with E-state index in [1.165, 1.54) is 0 Å². The van der Waals surface area contributed by atoms with Gasteiger partial charge in [-0.2, -0.15) is 13.2 Å². The van der Waals surface area contributed by atoms with Crippen molar-refractivity contribution < 1.29 is 32.3 Å². The van der Waals surface area contributed by atoms with Gasteiger partial charge in [-0.1, -0.05) is 0 Å². The predicted octanol–water partition coefficient (Wildman–Crippen LogP) is 1.69. The van der Waals surface area contributed by atoms with Gasteiger partial charge in [-0.3, -0.25) is 9.59 Å². The summed E-state index contributed by atoms with van der Waals surface area (Å²) < 4.78 is 51.5. The van der Waals surface area contributed by atoms with Gasteiger partial charge in [0.15, 0.2) is 0 Å². The predicted molar refractivity (Wildman–Crippen MR) is 75.3 cm³/mol. The van der Waals surface area contributed by atoms with E-state index in [-0.39, 0.29) is 31.5 Å². The number of β-amino-alcohol motifs (C(OH)–C–C–N with tert-alkyl or cyclic N) is 1. The molecule has 0 aliphatic carbocycles. The number of aliphatic hydroxyl groups is 1. The van der Waals surface area contributed by atoms with E-state index in [1.807, 2.05) is 0 Å². The number of primary amides is 1. The zero-order valence-corrected chi connectivity index (χ0v) is 12.6. The quantitative estimate of drug-likeness (QED) is 0.816. The molecule has 132 valence electrons. The van der Waals surface area contributed by atoms with Crippen molar-refractivity contribution in [3.8, 4) is 0 Å². The number of piperidine rings is 1. The van der Waals surface area contributed by atoms with Crippen molar-refractivity contribution >= 4 is 11.8 Å². The van der Waals surface area contributed by atoms with Crippen molar-refractivity contribution in [3.05, 3.63) is 35.1 Å². The van der Waals surface area contributed by atoms with E-state index in [9.17, 15) is 32.3 Å². The fraction of sp³-hybridized carbons (Fsp3) is 0.467. The molecule has 1 fully saturated rings. The number of nitrogens with two attached hydrogens (primary N) is 1. The first kappa shape index (κ1) is 18.2. The Hall–Kier alpha value is -2.16. The Morgan fingerprint density at radius 3 is 2.58 bits per heavy atom. The molecule has 1 unspecified atom stereocenters. The second kappa shape index (κ2) is 6.39. The second-order valence-electron chi connectivity index (χ2n) is 5.89. The van der Waals surface area contributed by atoms with Crippen molar-refractivity contribution in [2.75, 3.05) is 13.1 Å². The Kier molecular flexibility index (Phi) is 4.84. The first-order valence-corrected chi connectivity index (χ1v) is 7.18. The minimum atomic E-state index is -4.92. The zero-order chi connectivity index (χ0) is 18.1. The summed E-state index contributed by atoms with van der Waals surface area (Å²) in [5, 5.41) is 10.3. The SMILES string of the molecule is NC(=O)CC1(O)CCCN(C(=O)c2ccc(F)c(C(F)(F)F)c2)C1. The first-order valence-electron chi connectivity index (χ1n) is 7.18. The van der Waals surface area contributed by atoms with E-state index in [0.717, 1.165) is 11.0 Å². The number of alkyl halides is 3. The van der Waals surface area contributed by atoms with Gasteiger partial charge in [0.05, 0.1) is 24.1 Å². The minimum absolute atomic E-state index is 0.207. The molecule has 1 aliphatic heterocycles. The van der Waals surface area contributed by atoms with Gasteiger partial charge in [-0.05, 0) is 31.0 Å². The number of amides is 2. The fourth-order valence-corrected chi connectivity index (χ4v) is 2.81. The molecule has 0 spiro atoms. The summed E-state index contributed by atoms with van der Waals surface area (Å²) in [7, 11) is 0. The third-order valence-corrected chi connectivity index (χ3v) is 3.86. The number of hydrogen-bond donors (Lipinski definition) is 2. The van der Waals surface area contributed by atoms with Crippen LogP contribution in [0.15, 0.2) is 18.2 Å². The highest BCUT2D eigenvalue weighted by Gasteiger charge is 2.38. The lowest BCUT2D eigenvalue weighted by Gasteiger charge is -2.38. The number of nitrogens with zero attached hydrogens (tertiary/aromatic N) is 1. The topological polar surface area (TPSA) is 83.6 Å². The molecular formula is C15H16F4N2O3. The van der Waals surface area contributed by atoms with Crippen molar-refractivity contribution in [2.45, 2.75) is 31.0 Å². The second-order valence-corrected chi connectivity index (χ2v) is 5.89. The molecule has 0 aromatic heterocycles. The normalized spacial score (nSPS) is 21.6. The largest absolute Gasteiger partial charge is 0.419 e. The maximum Gasteiger partial charge on any atom is 0.419 e. The molecule has 1 aromatic rings. The molecule has 5 nitrogen and oxygen atoms in total. The highest BCUT2D eigenvalue weighted by Crippen LogP contribution is 2.32.